The molecular weight excluding hydrogens is 220 g/mol. The predicted octanol–water partition coefficient (Wildman–Crippen LogP) is 1.19. The molecule has 0 aliphatic carbocycles. The molecule has 0 spiro atoms. The van der Waals surface area contributed by atoms with Gasteiger partial charge in [0.1, 0.15) is 0 Å². The van der Waals surface area contributed by atoms with Crippen LogP contribution in [0, 0.1) is 0 Å². The monoisotopic (exact) mass is 244 g/mol. The Morgan fingerprint density at radius 1 is 1.19 bits per heavy atom. The van der Waals surface area contributed by atoms with Gasteiger partial charge >= 0.3 is 0 Å². The largest absolute Gasteiger partial charge is 0.380 e. The van der Waals surface area contributed by atoms with E-state index in [9.17, 15) is 0 Å². The van der Waals surface area contributed by atoms with Gasteiger partial charge in [-0.3, -0.25) is 0 Å². The molecule has 0 aromatic heterocycles. The minimum atomic E-state index is 0.907. The third-order valence-corrected chi connectivity index (χ3v) is 4.72. The molecule has 16 heavy (non-hydrogen) atoms. The minimum Gasteiger partial charge on any atom is -0.380 e. The molecular formula is C12H24N2OS. The van der Waals surface area contributed by atoms with Crippen LogP contribution in [0.4, 0.5) is 0 Å². The summed E-state index contributed by atoms with van der Waals surface area (Å²) in [7, 11) is 0. The first-order valence-electron chi connectivity index (χ1n) is 6.57. The van der Waals surface area contributed by atoms with Gasteiger partial charge in [-0.15, -0.1) is 0 Å². The van der Waals surface area contributed by atoms with Crippen molar-refractivity contribution in [3.05, 3.63) is 0 Å². The van der Waals surface area contributed by atoms with Crippen LogP contribution in [0.2, 0.25) is 0 Å². The summed E-state index contributed by atoms with van der Waals surface area (Å²) in [5.74, 6) is 1.30. The van der Waals surface area contributed by atoms with Crippen LogP contribution in [0.25, 0.3) is 0 Å². The second-order valence-corrected chi connectivity index (χ2v) is 6.04. The van der Waals surface area contributed by atoms with Gasteiger partial charge in [0.15, 0.2) is 0 Å². The summed E-state index contributed by atoms with van der Waals surface area (Å²) in [6.07, 6.45) is 3.92. The van der Waals surface area contributed by atoms with Crippen LogP contribution >= 0.6 is 11.8 Å². The Hall–Kier alpha value is 0.230. The standard InChI is InChI=1S/C12H24N2OS/c1-6-14(7-10-15-9-1)8-11-16-12-2-4-13-5-3-12/h12-13H,1-11H2. The van der Waals surface area contributed by atoms with Crippen molar-refractivity contribution in [2.75, 3.05) is 51.7 Å². The zero-order valence-electron chi connectivity index (χ0n) is 10.1. The van der Waals surface area contributed by atoms with Gasteiger partial charge in [-0.1, -0.05) is 0 Å². The highest BCUT2D eigenvalue weighted by Crippen LogP contribution is 2.20. The summed E-state index contributed by atoms with van der Waals surface area (Å²) in [5.41, 5.74) is 0. The molecule has 2 aliphatic rings. The summed E-state index contributed by atoms with van der Waals surface area (Å²) in [6.45, 7) is 7.93. The van der Waals surface area contributed by atoms with E-state index >= 15 is 0 Å². The SMILES string of the molecule is C1COCCN(CCSC2CCNCC2)C1. The van der Waals surface area contributed by atoms with Crippen LogP contribution in [-0.4, -0.2) is 61.8 Å². The van der Waals surface area contributed by atoms with E-state index in [1.807, 2.05) is 0 Å². The van der Waals surface area contributed by atoms with Crippen molar-refractivity contribution in [3.8, 4) is 0 Å². The first-order chi connectivity index (χ1) is 7.95. The maximum atomic E-state index is 5.46. The first-order valence-corrected chi connectivity index (χ1v) is 7.62. The lowest BCUT2D eigenvalue weighted by molar-refractivity contribution is 0.142. The third-order valence-electron chi connectivity index (χ3n) is 3.36. The molecule has 0 unspecified atom stereocenters. The van der Waals surface area contributed by atoms with Crippen LogP contribution in [0.5, 0.6) is 0 Å². The third kappa shape index (κ3) is 4.62. The van der Waals surface area contributed by atoms with Crippen LogP contribution in [-0.2, 0) is 4.74 Å². The fourth-order valence-corrected chi connectivity index (χ4v) is 3.60. The topological polar surface area (TPSA) is 24.5 Å². The van der Waals surface area contributed by atoms with Gasteiger partial charge < -0.3 is 15.0 Å². The Bertz CT molecular complexity index is 178. The van der Waals surface area contributed by atoms with Crippen molar-refractivity contribution >= 4 is 11.8 Å². The fourth-order valence-electron chi connectivity index (χ4n) is 2.33. The van der Waals surface area contributed by atoms with Crippen molar-refractivity contribution < 1.29 is 4.74 Å². The predicted molar refractivity (Wildman–Crippen MR) is 70.2 cm³/mol. The molecule has 4 heteroatoms. The summed E-state index contributed by atoms with van der Waals surface area (Å²) < 4.78 is 5.46. The van der Waals surface area contributed by atoms with Gasteiger partial charge in [-0.05, 0) is 32.4 Å². The molecule has 2 fully saturated rings. The van der Waals surface area contributed by atoms with Crippen molar-refractivity contribution in [2.24, 2.45) is 0 Å². The molecule has 3 nitrogen and oxygen atoms in total. The van der Waals surface area contributed by atoms with Crippen molar-refractivity contribution in [3.63, 3.8) is 0 Å². The molecule has 0 bridgehead atoms. The average Bonchev–Trinajstić information content (AvgIpc) is 2.59. The van der Waals surface area contributed by atoms with E-state index in [1.54, 1.807) is 0 Å². The normalized spacial score (nSPS) is 25.5. The fraction of sp³-hybridized carbons (Fsp3) is 1.00. The molecule has 0 atom stereocenters. The van der Waals surface area contributed by atoms with Crippen molar-refractivity contribution in [1.29, 1.82) is 0 Å². The molecule has 2 aliphatic heterocycles. The number of piperidine rings is 1. The zero-order chi connectivity index (χ0) is 11.1. The second-order valence-electron chi connectivity index (χ2n) is 4.63. The molecule has 0 radical (unpaired) electrons. The Balaban J connectivity index is 1.55. The number of rotatable bonds is 4. The smallest absolute Gasteiger partial charge is 0.0593 e. The van der Waals surface area contributed by atoms with Gasteiger partial charge in [0.25, 0.3) is 0 Å². The number of hydrogen-bond acceptors (Lipinski definition) is 4. The van der Waals surface area contributed by atoms with Crippen LogP contribution in [0.1, 0.15) is 19.3 Å². The van der Waals surface area contributed by atoms with E-state index in [0.717, 1.165) is 25.0 Å². The number of hydrogen-bond donors (Lipinski definition) is 1. The number of ether oxygens (including phenoxy) is 1. The van der Waals surface area contributed by atoms with E-state index in [-0.39, 0.29) is 0 Å². The van der Waals surface area contributed by atoms with E-state index < -0.39 is 0 Å². The highest BCUT2D eigenvalue weighted by Gasteiger charge is 2.14. The first kappa shape index (κ1) is 12.7. The van der Waals surface area contributed by atoms with Gasteiger partial charge in [0, 0.05) is 37.2 Å². The summed E-state index contributed by atoms with van der Waals surface area (Å²) in [6, 6.07) is 0. The van der Waals surface area contributed by atoms with E-state index in [0.29, 0.717) is 0 Å². The van der Waals surface area contributed by atoms with Gasteiger partial charge in [0.2, 0.25) is 0 Å². The number of nitrogens with zero attached hydrogens (tertiary/aromatic N) is 1. The molecule has 94 valence electrons. The number of thioether (sulfide) groups is 1. The molecule has 0 amide bonds. The molecule has 0 saturated carbocycles. The van der Waals surface area contributed by atoms with Crippen LogP contribution in [0.3, 0.4) is 0 Å². The molecule has 0 aromatic carbocycles. The number of nitrogens with one attached hydrogen (secondary N) is 1. The highest BCUT2D eigenvalue weighted by molar-refractivity contribution is 7.99. The summed E-state index contributed by atoms with van der Waals surface area (Å²) >= 11 is 2.18. The molecule has 2 heterocycles. The lowest BCUT2D eigenvalue weighted by Crippen LogP contribution is -2.31. The zero-order valence-corrected chi connectivity index (χ0v) is 10.9. The van der Waals surface area contributed by atoms with E-state index in [2.05, 4.69) is 22.0 Å². The van der Waals surface area contributed by atoms with Crippen LogP contribution in [0.15, 0.2) is 0 Å². The Kier molecular flexibility index (Phi) is 5.97. The average molecular weight is 244 g/mol. The minimum absolute atomic E-state index is 0.907. The van der Waals surface area contributed by atoms with Gasteiger partial charge in [0.05, 0.1) is 6.61 Å². The Morgan fingerprint density at radius 3 is 2.94 bits per heavy atom. The molecule has 2 rings (SSSR count). The Morgan fingerprint density at radius 2 is 2.06 bits per heavy atom. The quantitative estimate of drug-likeness (QED) is 0.803. The van der Waals surface area contributed by atoms with Gasteiger partial charge in [-0.2, -0.15) is 11.8 Å². The molecule has 1 N–H and O–H groups in total. The molecule has 2 saturated heterocycles. The van der Waals surface area contributed by atoms with Crippen molar-refractivity contribution in [1.82, 2.24) is 10.2 Å². The van der Waals surface area contributed by atoms with E-state index in [4.69, 9.17) is 4.74 Å². The van der Waals surface area contributed by atoms with E-state index in [1.165, 1.54) is 51.2 Å². The summed E-state index contributed by atoms with van der Waals surface area (Å²) in [5, 5.41) is 4.33. The maximum absolute atomic E-state index is 5.46. The second kappa shape index (κ2) is 7.54. The van der Waals surface area contributed by atoms with Crippen molar-refractivity contribution in [2.45, 2.75) is 24.5 Å². The maximum Gasteiger partial charge on any atom is 0.0593 e. The molecule has 0 aromatic rings. The highest BCUT2D eigenvalue weighted by atomic mass is 32.2. The van der Waals surface area contributed by atoms with Gasteiger partial charge in [-0.25, -0.2) is 0 Å². The summed E-state index contributed by atoms with van der Waals surface area (Å²) in [4.78, 5) is 2.56. The van der Waals surface area contributed by atoms with Crippen LogP contribution < -0.4 is 5.32 Å². The lowest BCUT2D eigenvalue weighted by Gasteiger charge is -2.24. The Labute approximate surface area is 103 Å². The lowest BCUT2D eigenvalue weighted by atomic mass is 10.2.